The maximum atomic E-state index is 13.2. The summed E-state index contributed by atoms with van der Waals surface area (Å²) in [4.78, 5) is 29.5. The monoisotopic (exact) mass is 510 g/mol. The fraction of sp³-hybridized carbons (Fsp3) is 0.286. The van der Waals surface area contributed by atoms with Gasteiger partial charge in [0.05, 0.1) is 10.4 Å². The number of thioether (sulfide) groups is 1. The number of amides is 2. The summed E-state index contributed by atoms with van der Waals surface area (Å²) >= 11 is 1.70. The molecule has 3 aromatic rings. The lowest BCUT2D eigenvalue weighted by Gasteiger charge is -2.44. The van der Waals surface area contributed by atoms with Crippen LogP contribution in [-0.2, 0) is 6.18 Å². The number of hydrogen-bond acceptors (Lipinski definition) is 3. The Kier molecular flexibility index (Phi) is 6.55. The van der Waals surface area contributed by atoms with Crippen molar-refractivity contribution in [2.75, 3.05) is 25.4 Å². The van der Waals surface area contributed by atoms with Crippen LogP contribution in [0.25, 0.3) is 11.1 Å². The summed E-state index contributed by atoms with van der Waals surface area (Å²) in [6.45, 7) is 1.57. The summed E-state index contributed by atoms with van der Waals surface area (Å²) in [6.07, 6.45) is -3.19. The third-order valence-electron chi connectivity index (χ3n) is 6.95. The SMILES string of the molecule is O=C(c1ccc(-c2ccccc2)cc1)N1CCC2(CC1)SCCN2C(=O)c1ccc(C(F)(F)F)cc1. The Balaban J connectivity index is 1.25. The molecule has 0 atom stereocenters. The quantitative estimate of drug-likeness (QED) is 0.422. The van der Waals surface area contributed by atoms with Crippen molar-refractivity contribution in [3.05, 3.63) is 95.6 Å². The highest BCUT2D eigenvalue weighted by atomic mass is 32.2. The maximum Gasteiger partial charge on any atom is 0.416 e. The maximum absolute atomic E-state index is 13.2. The fourth-order valence-corrected chi connectivity index (χ4v) is 6.40. The van der Waals surface area contributed by atoms with E-state index < -0.39 is 16.6 Å². The molecule has 1 spiro atoms. The topological polar surface area (TPSA) is 40.6 Å². The lowest BCUT2D eigenvalue weighted by molar-refractivity contribution is -0.137. The van der Waals surface area contributed by atoms with Crippen LogP contribution in [0.5, 0.6) is 0 Å². The van der Waals surface area contributed by atoms with E-state index in [-0.39, 0.29) is 17.4 Å². The van der Waals surface area contributed by atoms with Gasteiger partial charge in [0.2, 0.25) is 0 Å². The van der Waals surface area contributed by atoms with Crippen molar-refractivity contribution in [2.24, 2.45) is 0 Å². The number of carbonyl (C=O) groups excluding carboxylic acids is 2. The van der Waals surface area contributed by atoms with E-state index in [1.807, 2.05) is 59.5 Å². The van der Waals surface area contributed by atoms with Crippen molar-refractivity contribution in [2.45, 2.75) is 23.9 Å². The third-order valence-corrected chi connectivity index (χ3v) is 8.51. The Labute approximate surface area is 212 Å². The Bertz CT molecular complexity index is 1240. The van der Waals surface area contributed by atoms with Crippen molar-refractivity contribution < 1.29 is 22.8 Å². The number of rotatable bonds is 3. The molecule has 2 aliphatic rings. The standard InChI is InChI=1S/C28H25F3N2O2S/c29-28(30,31)24-12-10-23(11-13-24)26(35)33-18-19-36-27(33)14-16-32(17-15-27)25(34)22-8-6-21(7-9-22)20-4-2-1-3-5-20/h1-13H,14-19H2. The third kappa shape index (κ3) is 4.74. The number of benzene rings is 3. The zero-order chi connectivity index (χ0) is 25.3. The smallest absolute Gasteiger partial charge is 0.338 e. The molecular formula is C28H25F3N2O2S. The summed E-state index contributed by atoms with van der Waals surface area (Å²) in [6, 6.07) is 22.0. The second kappa shape index (κ2) is 9.65. The molecule has 0 N–H and O–H groups in total. The first-order valence-electron chi connectivity index (χ1n) is 11.8. The predicted molar refractivity (Wildman–Crippen MR) is 135 cm³/mol. The first kappa shape index (κ1) is 24.4. The number of nitrogens with zero attached hydrogens (tertiary/aromatic N) is 2. The molecule has 2 fully saturated rings. The van der Waals surface area contributed by atoms with Gasteiger partial charge in [-0.1, -0.05) is 42.5 Å². The lowest BCUT2D eigenvalue weighted by atomic mass is 9.99. The molecule has 2 amide bonds. The molecule has 8 heteroatoms. The van der Waals surface area contributed by atoms with E-state index in [4.69, 9.17) is 0 Å². The summed E-state index contributed by atoms with van der Waals surface area (Å²) < 4.78 is 38.7. The number of carbonyl (C=O) groups is 2. The zero-order valence-electron chi connectivity index (χ0n) is 19.5. The number of piperidine rings is 1. The van der Waals surface area contributed by atoms with Crippen LogP contribution in [0.1, 0.15) is 39.1 Å². The van der Waals surface area contributed by atoms with Gasteiger partial charge in [-0.15, -0.1) is 11.8 Å². The van der Waals surface area contributed by atoms with Crippen LogP contribution in [0.15, 0.2) is 78.9 Å². The van der Waals surface area contributed by atoms with Gasteiger partial charge in [0.25, 0.3) is 11.8 Å². The molecular weight excluding hydrogens is 485 g/mol. The molecule has 0 unspecified atom stereocenters. The summed E-state index contributed by atoms with van der Waals surface area (Å²) in [5.74, 6) is 0.472. The fourth-order valence-electron chi connectivity index (χ4n) is 4.94. The summed E-state index contributed by atoms with van der Waals surface area (Å²) in [5.41, 5.74) is 2.24. The van der Waals surface area contributed by atoms with E-state index in [1.54, 1.807) is 16.7 Å². The van der Waals surface area contributed by atoms with E-state index in [1.165, 1.54) is 12.1 Å². The van der Waals surface area contributed by atoms with Gasteiger partial charge in [0.1, 0.15) is 0 Å². The van der Waals surface area contributed by atoms with Crippen molar-refractivity contribution in [1.82, 2.24) is 9.80 Å². The summed E-state index contributed by atoms with van der Waals surface area (Å²) in [5, 5.41) is 0. The largest absolute Gasteiger partial charge is 0.416 e. The molecule has 3 aromatic carbocycles. The molecule has 2 aliphatic heterocycles. The number of hydrogen-bond donors (Lipinski definition) is 0. The molecule has 0 aliphatic carbocycles. The zero-order valence-corrected chi connectivity index (χ0v) is 20.3. The molecule has 4 nitrogen and oxygen atoms in total. The van der Waals surface area contributed by atoms with Gasteiger partial charge in [-0.05, 0) is 60.4 Å². The van der Waals surface area contributed by atoms with Crippen molar-refractivity contribution >= 4 is 23.6 Å². The molecule has 0 aromatic heterocycles. The second-order valence-corrected chi connectivity index (χ2v) is 10.5. The molecule has 2 saturated heterocycles. The van der Waals surface area contributed by atoms with Crippen LogP contribution in [0.2, 0.25) is 0 Å². The van der Waals surface area contributed by atoms with Crippen molar-refractivity contribution in [3.63, 3.8) is 0 Å². The van der Waals surface area contributed by atoms with Crippen LogP contribution < -0.4 is 0 Å². The average molecular weight is 511 g/mol. The van der Waals surface area contributed by atoms with E-state index >= 15 is 0 Å². The first-order valence-corrected chi connectivity index (χ1v) is 12.8. The van der Waals surface area contributed by atoms with Gasteiger partial charge in [-0.25, -0.2) is 0 Å². The highest BCUT2D eigenvalue weighted by molar-refractivity contribution is 8.00. The molecule has 0 radical (unpaired) electrons. The van der Waals surface area contributed by atoms with Crippen LogP contribution in [0.3, 0.4) is 0 Å². The Hall–Kier alpha value is -3.26. The van der Waals surface area contributed by atoms with Crippen LogP contribution >= 0.6 is 11.8 Å². The van der Waals surface area contributed by atoms with Crippen molar-refractivity contribution in [1.29, 1.82) is 0 Å². The van der Waals surface area contributed by atoms with Gasteiger partial charge < -0.3 is 9.80 Å². The van der Waals surface area contributed by atoms with E-state index in [0.717, 1.165) is 29.0 Å². The van der Waals surface area contributed by atoms with E-state index in [2.05, 4.69) is 0 Å². The minimum Gasteiger partial charge on any atom is -0.338 e. The van der Waals surface area contributed by atoms with Gasteiger partial charge in [-0.3, -0.25) is 9.59 Å². The lowest BCUT2D eigenvalue weighted by Crippen LogP contribution is -2.53. The molecule has 5 rings (SSSR count). The highest BCUT2D eigenvalue weighted by Crippen LogP contribution is 2.45. The first-order chi connectivity index (χ1) is 17.3. The van der Waals surface area contributed by atoms with Gasteiger partial charge in [0, 0.05) is 36.5 Å². The van der Waals surface area contributed by atoms with Gasteiger partial charge in [0.15, 0.2) is 0 Å². The number of halogens is 3. The summed E-state index contributed by atoms with van der Waals surface area (Å²) in [7, 11) is 0. The highest BCUT2D eigenvalue weighted by Gasteiger charge is 2.47. The molecule has 0 saturated carbocycles. The second-order valence-electron chi connectivity index (χ2n) is 9.06. The predicted octanol–water partition coefficient (Wildman–Crippen LogP) is 6.19. The molecule has 2 heterocycles. The molecule has 0 bridgehead atoms. The number of alkyl halides is 3. The Morgan fingerprint density at radius 3 is 1.89 bits per heavy atom. The molecule has 36 heavy (non-hydrogen) atoms. The van der Waals surface area contributed by atoms with E-state index in [0.29, 0.717) is 38.0 Å². The van der Waals surface area contributed by atoms with Crippen LogP contribution in [-0.4, -0.2) is 51.9 Å². The van der Waals surface area contributed by atoms with Gasteiger partial charge >= 0.3 is 6.18 Å². The van der Waals surface area contributed by atoms with Crippen molar-refractivity contribution in [3.8, 4) is 11.1 Å². The Morgan fingerprint density at radius 2 is 1.28 bits per heavy atom. The number of likely N-dealkylation sites (tertiary alicyclic amines) is 1. The normalized spacial score (nSPS) is 17.4. The Morgan fingerprint density at radius 1 is 0.722 bits per heavy atom. The van der Waals surface area contributed by atoms with E-state index in [9.17, 15) is 22.8 Å². The average Bonchev–Trinajstić information content (AvgIpc) is 3.31. The minimum absolute atomic E-state index is 0.0342. The van der Waals surface area contributed by atoms with Crippen LogP contribution in [0.4, 0.5) is 13.2 Å². The van der Waals surface area contributed by atoms with Crippen LogP contribution in [0, 0.1) is 0 Å². The minimum atomic E-state index is -4.44. The van der Waals surface area contributed by atoms with Gasteiger partial charge in [-0.2, -0.15) is 13.2 Å². The molecule has 186 valence electrons.